The van der Waals surface area contributed by atoms with Crippen molar-refractivity contribution < 1.29 is 24.2 Å². The molecule has 0 aliphatic carbocycles. The van der Waals surface area contributed by atoms with Gasteiger partial charge in [0.25, 0.3) is 0 Å². The molecule has 10 heteroatoms. The number of likely N-dealkylation sites (N-methyl/N-ethyl adjacent to an activating group) is 1. The summed E-state index contributed by atoms with van der Waals surface area (Å²) >= 11 is 10.9. The molecular formula is C35H36ClN3O5S. The maximum absolute atomic E-state index is 14.1. The molecule has 2 amide bonds. The van der Waals surface area contributed by atoms with Gasteiger partial charge < -0.3 is 25.2 Å². The van der Waals surface area contributed by atoms with Crippen LogP contribution in [0.4, 0.5) is 10.5 Å². The first-order valence-corrected chi connectivity index (χ1v) is 15.6. The van der Waals surface area contributed by atoms with Crippen LogP contribution in [0.5, 0.6) is 5.75 Å². The van der Waals surface area contributed by atoms with Crippen LogP contribution >= 0.6 is 24.2 Å². The second kappa shape index (κ2) is 15.3. The van der Waals surface area contributed by atoms with Crippen LogP contribution < -0.4 is 15.4 Å². The van der Waals surface area contributed by atoms with Crippen LogP contribution in [0.2, 0.25) is 5.02 Å². The number of hydrogen-bond donors (Lipinski definition) is 4. The molecule has 234 valence electrons. The number of nitrogens with one attached hydrogen (secondary N) is 2. The largest absolute Gasteiger partial charge is 0.489 e. The highest BCUT2D eigenvalue weighted by molar-refractivity contribution is 7.80. The summed E-state index contributed by atoms with van der Waals surface area (Å²) in [6.45, 7) is 1.46. The van der Waals surface area contributed by atoms with E-state index in [0.29, 0.717) is 29.5 Å². The molecule has 8 nitrogen and oxygen atoms in total. The summed E-state index contributed by atoms with van der Waals surface area (Å²) in [5, 5.41) is 16.9. The van der Waals surface area contributed by atoms with E-state index >= 15 is 0 Å². The first-order chi connectivity index (χ1) is 21.8. The number of anilines is 1. The van der Waals surface area contributed by atoms with Crippen molar-refractivity contribution in [2.75, 3.05) is 32.1 Å². The first kappa shape index (κ1) is 32.4. The number of thiol groups is 1. The Labute approximate surface area is 273 Å². The maximum Gasteiger partial charge on any atom is 0.407 e. The molecule has 1 saturated heterocycles. The minimum Gasteiger partial charge on any atom is -0.489 e. The van der Waals surface area contributed by atoms with Gasteiger partial charge in [-0.1, -0.05) is 96.5 Å². The molecule has 0 spiro atoms. The van der Waals surface area contributed by atoms with E-state index in [1.54, 1.807) is 18.2 Å². The SMILES string of the molecule is CN(C(=O)O)[C@H](C(=O)Nc1ccccc1OC[C@@H]1CNC[C@@H](C(S)c2ccc(Cl)cc2)O1)C(c1ccccc1)c1ccccc1. The summed E-state index contributed by atoms with van der Waals surface area (Å²) in [7, 11) is 1.41. The summed E-state index contributed by atoms with van der Waals surface area (Å²) in [6.07, 6.45) is -1.66. The molecule has 0 saturated carbocycles. The van der Waals surface area contributed by atoms with Gasteiger partial charge in [-0.3, -0.25) is 9.69 Å². The van der Waals surface area contributed by atoms with E-state index in [1.807, 2.05) is 91.0 Å². The van der Waals surface area contributed by atoms with E-state index in [1.165, 1.54) is 7.05 Å². The molecule has 1 heterocycles. The fourth-order valence-corrected chi connectivity index (χ4v) is 6.00. The fourth-order valence-electron chi connectivity index (χ4n) is 5.52. The van der Waals surface area contributed by atoms with Gasteiger partial charge >= 0.3 is 6.09 Å². The summed E-state index contributed by atoms with van der Waals surface area (Å²) < 4.78 is 12.5. The van der Waals surface area contributed by atoms with Crippen molar-refractivity contribution >= 4 is 41.9 Å². The monoisotopic (exact) mass is 645 g/mol. The molecule has 45 heavy (non-hydrogen) atoms. The number of ether oxygens (including phenoxy) is 2. The highest BCUT2D eigenvalue weighted by Gasteiger charge is 2.37. The highest BCUT2D eigenvalue weighted by Crippen LogP contribution is 2.33. The Balaban J connectivity index is 1.32. The van der Waals surface area contributed by atoms with Gasteiger partial charge in [-0.05, 0) is 41.0 Å². The van der Waals surface area contributed by atoms with Crippen LogP contribution in [0.3, 0.4) is 0 Å². The molecule has 1 aliphatic heterocycles. The number of nitrogens with zero attached hydrogens (tertiary/aromatic N) is 1. The molecule has 0 aromatic heterocycles. The number of rotatable bonds is 11. The summed E-state index contributed by atoms with van der Waals surface area (Å²) in [5.74, 6) is -0.593. The van der Waals surface area contributed by atoms with Crippen LogP contribution in [0, 0.1) is 0 Å². The van der Waals surface area contributed by atoms with Gasteiger partial charge in [0.05, 0.1) is 17.0 Å². The lowest BCUT2D eigenvalue weighted by Gasteiger charge is -2.34. The van der Waals surface area contributed by atoms with E-state index in [2.05, 4.69) is 10.6 Å². The average molecular weight is 646 g/mol. The fraction of sp³-hybridized carbons (Fsp3) is 0.257. The van der Waals surface area contributed by atoms with E-state index < -0.39 is 24.0 Å². The third-order valence-electron chi connectivity index (χ3n) is 7.84. The van der Waals surface area contributed by atoms with Gasteiger partial charge in [0.1, 0.15) is 24.5 Å². The van der Waals surface area contributed by atoms with Gasteiger partial charge in [-0.2, -0.15) is 12.6 Å². The molecule has 1 fully saturated rings. The minimum atomic E-state index is -1.21. The lowest BCUT2D eigenvalue weighted by Crippen LogP contribution is -2.49. The van der Waals surface area contributed by atoms with Crippen molar-refractivity contribution in [3.63, 3.8) is 0 Å². The number of carbonyl (C=O) groups is 2. The molecular weight excluding hydrogens is 610 g/mol. The van der Waals surface area contributed by atoms with Gasteiger partial charge in [0.15, 0.2) is 0 Å². The van der Waals surface area contributed by atoms with Crippen molar-refractivity contribution in [2.45, 2.75) is 29.4 Å². The van der Waals surface area contributed by atoms with Crippen LogP contribution in [0.1, 0.15) is 27.9 Å². The second-order valence-corrected chi connectivity index (χ2v) is 11.9. The molecule has 3 N–H and O–H groups in total. The summed E-state index contributed by atoms with van der Waals surface area (Å²) in [4.78, 5) is 27.4. The average Bonchev–Trinajstić information content (AvgIpc) is 3.07. The van der Waals surface area contributed by atoms with E-state index in [9.17, 15) is 14.7 Å². The number of amides is 2. The standard InChI is InChI=1S/C35H36ClN3O5S/c1-39(35(41)42)32(31(23-10-4-2-5-11-23)24-12-6-3-7-13-24)34(40)38-28-14-8-9-15-29(28)43-22-27-20-37-21-30(44-27)33(45)25-16-18-26(36)19-17-25/h2-19,27,30-33,37,45H,20-22H2,1H3,(H,38,40)(H,41,42)/t27-,30-,32-,33?/m0/s1. The quantitative estimate of drug-likeness (QED) is 0.139. The first-order valence-electron chi connectivity index (χ1n) is 14.7. The number of carbonyl (C=O) groups excluding carboxylic acids is 1. The van der Waals surface area contributed by atoms with Crippen LogP contribution in [0.25, 0.3) is 0 Å². The van der Waals surface area contributed by atoms with Gasteiger partial charge in [-0.25, -0.2) is 4.79 Å². The molecule has 0 bridgehead atoms. The Morgan fingerprint density at radius 2 is 1.53 bits per heavy atom. The third-order valence-corrected chi connectivity index (χ3v) is 8.72. The zero-order valence-electron chi connectivity index (χ0n) is 24.8. The van der Waals surface area contributed by atoms with Gasteiger partial charge in [0, 0.05) is 31.1 Å². The molecule has 5 rings (SSSR count). The lowest BCUT2D eigenvalue weighted by molar-refractivity contribution is -0.120. The number of para-hydroxylation sites is 2. The van der Waals surface area contributed by atoms with Crippen molar-refractivity contribution in [2.24, 2.45) is 0 Å². The smallest absolute Gasteiger partial charge is 0.407 e. The Kier molecular flexibility index (Phi) is 11.0. The Morgan fingerprint density at radius 1 is 0.933 bits per heavy atom. The number of halogens is 1. The van der Waals surface area contributed by atoms with E-state index in [-0.39, 0.29) is 24.1 Å². The molecule has 1 aliphatic rings. The Morgan fingerprint density at radius 3 is 2.16 bits per heavy atom. The second-order valence-electron chi connectivity index (χ2n) is 10.9. The number of benzene rings is 4. The van der Waals surface area contributed by atoms with E-state index in [0.717, 1.165) is 21.6 Å². The molecule has 4 atom stereocenters. The number of carboxylic acid groups (broad SMARTS) is 1. The molecule has 0 radical (unpaired) electrons. The third kappa shape index (κ3) is 8.18. The van der Waals surface area contributed by atoms with Crippen molar-refractivity contribution in [1.82, 2.24) is 10.2 Å². The van der Waals surface area contributed by atoms with Gasteiger partial charge in [-0.15, -0.1) is 0 Å². The summed E-state index contributed by atoms with van der Waals surface area (Å²) in [6, 6.07) is 32.5. The zero-order chi connectivity index (χ0) is 31.8. The Hall–Kier alpha value is -4.02. The zero-order valence-corrected chi connectivity index (χ0v) is 26.4. The van der Waals surface area contributed by atoms with E-state index in [4.69, 9.17) is 33.7 Å². The number of hydrogen-bond acceptors (Lipinski definition) is 6. The minimum absolute atomic E-state index is 0.158. The highest BCUT2D eigenvalue weighted by atomic mass is 35.5. The predicted molar refractivity (Wildman–Crippen MR) is 180 cm³/mol. The number of morpholine rings is 1. The molecule has 4 aromatic carbocycles. The van der Waals surface area contributed by atoms with Crippen LogP contribution in [-0.2, 0) is 9.53 Å². The summed E-state index contributed by atoms with van der Waals surface area (Å²) in [5.41, 5.74) is 3.08. The predicted octanol–water partition coefficient (Wildman–Crippen LogP) is 6.50. The maximum atomic E-state index is 14.1. The van der Waals surface area contributed by atoms with Crippen molar-refractivity contribution in [3.05, 3.63) is 131 Å². The molecule has 1 unspecified atom stereocenters. The molecule has 4 aromatic rings. The van der Waals surface area contributed by atoms with Crippen molar-refractivity contribution in [3.8, 4) is 5.75 Å². The van der Waals surface area contributed by atoms with Crippen LogP contribution in [-0.4, -0.2) is 67.0 Å². The van der Waals surface area contributed by atoms with Crippen molar-refractivity contribution in [1.29, 1.82) is 0 Å². The lowest BCUT2D eigenvalue weighted by atomic mass is 9.84. The topological polar surface area (TPSA) is 100 Å². The van der Waals surface area contributed by atoms with Gasteiger partial charge in [0.2, 0.25) is 5.91 Å². The van der Waals surface area contributed by atoms with Crippen LogP contribution in [0.15, 0.2) is 109 Å². The normalized spacial score (nSPS) is 17.7. The Bertz CT molecular complexity index is 1520.